The van der Waals surface area contributed by atoms with Gasteiger partial charge in [0, 0.05) is 70.7 Å². The SMILES string of the molecule is C/C=C1\CN2CC[C@H]1[C@@]1(C[C@H]3CC4/C(=C\C)CN(C)C(Cc5c3n1c1ccccc51)C4C(=O)OC)c1[nH]c3ccccc3c1C2. The molecule has 5 aliphatic heterocycles. The first-order valence-electron chi connectivity index (χ1n) is 17.0. The number of carbonyl (C=O) groups excluding carboxylic acids is 1. The lowest BCUT2D eigenvalue weighted by atomic mass is 9.64. The second-order valence-electron chi connectivity index (χ2n) is 14.4. The van der Waals surface area contributed by atoms with Crippen LogP contribution < -0.4 is 0 Å². The number of para-hydroxylation sites is 2. The number of rotatable bonds is 1. The molecule has 4 bridgehead atoms. The number of likely N-dealkylation sites (N-methyl/N-ethyl adjacent to an activating group) is 1. The highest BCUT2D eigenvalue weighted by atomic mass is 16.5. The first-order valence-corrected chi connectivity index (χ1v) is 17.0. The molecule has 4 aromatic rings. The van der Waals surface area contributed by atoms with Crippen LogP contribution in [0.5, 0.6) is 0 Å². The van der Waals surface area contributed by atoms with Gasteiger partial charge in [0.05, 0.1) is 18.6 Å². The van der Waals surface area contributed by atoms with Crippen LogP contribution in [0.2, 0.25) is 0 Å². The fourth-order valence-electron chi connectivity index (χ4n) is 10.9. The average molecular weight is 601 g/mol. The lowest BCUT2D eigenvalue weighted by Gasteiger charge is -2.49. The van der Waals surface area contributed by atoms with Gasteiger partial charge in [-0.2, -0.15) is 0 Å². The maximum atomic E-state index is 13.7. The maximum Gasteiger partial charge on any atom is 0.310 e. The van der Waals surface area contributed by atoms with Crippen LogP contribution in [-0.4, -0.2) is 65.2 Å². The minimum Gasteiger partial charge on any atom is -0.469 e. The molecule has 0 saturated carbocycles. The van der Waals surface area contributed by atoms with Crippen molar-refractivity contribution in [3.05, 3.63) is 94.3 Å². The van der Waals surface area contributed by atoms with E-state index < -0.39 is 0 Å². The van der Waals surface area contributed by atoms with E-state index in [0.717, 1.165) is 51.9 Å². The Hall–Kier alpha value is -3.61. The molecule has 1 N–H and O–H groups in total. The molecule has 6 nitrogen and oxygen atoms in total. The molecule has 10 rings (SSSR count). The fourth-order valence-corrected chi connectivity index (χ4v) is 10.9. The molecule has 45 heavy (non-hydrogen) atoms. The van der Waals surface area contributed by atoms with Gasteiger partial charge in [0.25, 0.3) is 0 Å². The number of piperidine rings is 2. The number of fused-ring (bicyclic) bond motifs is 8. The van der Waals surface area contributed by atoms with Crippen molar-refractivity contribution in [1.82, 2.24) is 19.4 Å². The summed E-state index contributed by atoms with van der Waals surface area (Å²) in [6.07, 6.45) is 8.78. The summed E-state index contributed by atoms with van der Waals surface area (Å²) >= 11 is 0. The number of aromatic amines is 1. The zero-order valence-corrected chi connectivity index (χ0v) is 27.0. The van der Waals surface area contributed by atoms with Gasteiger partial charge in [0.15, 0.2) is 0 Å². The highest BCUT2D eigenvalue weighted by Gasteiger charge is 2.58. The van der Waals surface area contributed by atoms with Gasteiger partial charge < -0.3 is 14.3 Å². The quantitative estimate of drug-likeness (QED) is 0.194. The van der Waals surface area contributed by atoms with E-state index in [-0.39, 0.29) is 29.4 Å². The van der Waals surface area contributed by atoms with Crippen molar-refractivity contribution < 1.29 is 9.53 Å². The summed E-state index contributed by atoms with van der Waals surface area (Å²) in [6.45, 7) is 8.46. The van der Waals surface area contributed by atoms with E-state index in [1.54, 1.807) is 12.7 Å². The number of hydrogen-bond donors (Lipinski definition) is 1. The van der Waals surface area contributed by atoms with E-state index >= 15 is 0 Å². The number of carbonyl (C=O) groups is 1. The van der Waals surface area contributed by atoms with Crippen LogP contribution in [0.25, 0.3) is 21.8 Å². The number of nitrogens with zero attached hydrogens (tertiary/aromatic N) is 3. The summed E-state index contributed by atoms with van der Waals surface area (Å²) < 4.78 is 8.43. The molecule has 4 unspecified atom stereocenters. The molecule has 6 aliphatic rings. The van der Waals surface area contributed by atoms with Crippen molar-refractivity contribution in [1.29, 1.82) is 0 Å². The normalized spacial score (nSPS) is 34.1. The monoisotopic (exact) mass is 600 g/mol. The molecule has 7 atom stereocenters. The van der Waals surface area contributed by atoms with Gasteiger partial charge in [-0.15, -0.1) is 0 Å². The smallest absolute Gasteiger partial charge is 0.310 e. The predicted octanol–water partition coefficient (Wildman–Crippen LogP) is 6.75. The fraction of sp³-hybridized carbons (Fsp3) is 0.462. The van der Waals surface area contributed by atoms with Gasteiger partial charge in [0.1, 0.15) is 0 Å². The van der Waals surface area contributed by atoms with Crippen LogP contribution in [0.1, 0.15) is 61.5 Å². The highest BCUT2D eigenvalue weighted by Crippen LogP contribution is 2.61. The number of hydrogen-bond acceptors (Lipinski definition) is 4. The second-order valence-corrected chi connectivity index (χ2v) is 14.4. The molecular weight excluding hydrogens is 556 g/mol. The number of aromatic nitrogens is 2. The lowest BCUT2D eigenvalue weighted by Crippen LogP contribution is -2.53. The third kappa shape index (κ3) is 3.61. The number of ether oxygens (including phenoxy) is 1. The van der Waals surface area contributed by atoms with Crippen LogP contribution in [-0.2, 0) is 28.0 Å². The summed E-state index contributed by atoms with van der Waals surface area (Å²) in [6, 6.07) is 18.2. The topological polar surface area (TPSA) is 53.5 Å². The minimum atomic E-state index is -0.220. The Labute approximate surface area is 265 Å². The maximum absolute atomic E-state index is 13.7. The highest BCUT2D eigenvalue weighted by molar-refractivity contribution is 5.89. The van der Waals surface area contributed by atoms with E-state index in [9.17, 15) is 4.79 Å². The van der Waals surface area contributed by atoms with Crippen molar-refractivity contribution in [3.8, 4) is 0 Å². The molecular formula is C39H44N4O2. The third-order valence-electron chi connectivity index (χ3n) is 12.6. The van der Waals surface area contributed by atoms with E-state index in [4.69, 9.17) is 4.74 Å². The van der Waals surface area contributed by atoms with Gasteiger partial charge in [-0.05, 0) is 82.3 Å². The predicted molar refractivity (Wildman–Crippen MR) is 179 cm³/mol. The largest absolute Gasteiger partial charge is 0.469 e. The Balaban J connectivity index is 1.37. The van der Waals surface area contributed by atoms with Gasteiger partial charge in [-0.3, -0.25) is 14.6 Å². The van der Waals surface area contributed by atoms with Crippen molar-refractivity contribution in [2.24, 2.45) is 17.8 Å². The molecule has 0 radical (unpaired) electrons. The Morgan fingerprint density at radius 1 is 0.978 bits per heavy atom. The molecule has 0 amide bonds. The van der Waals surface area contributed by atoms with E-state index in [1.807, 2.05) is 0 Å². The molecule has 2 aromatic heterocycles. The Bertz CT molecular complexity index is 1930. The van der Waals surface area contributed by atoms with Crippen LogP contribution >= 0.6 is 0 Å². The van der Waals surface area contributed by atoms with E-state index in [1.165, 1.54) is 49.9 Å². The number of benzene rings is 2. The van der Waals surface area contributed by atoms with Gasteiger partial charge in [-0.1, -0.05) is 59.7 Å². The zero-order valence-electron chi connectivity index (χ0n) is 27.0. The number of methoxy groups -OCH3 is 1. The van der Waals surface area contributed by atoms with Crippen molar-refractivity contribution in [3.63, 3.8) is 0 Å². The summed E-state index contributed by atoms with van der Waals surface area (Å²) in [5.41, 5.74) is 11.2. The second kappa shape index (κ2) is 9.94. The van der Waals surface area contributed by atoms with Crippen LogP contribution in [0.3, 0.4) is 0 Å². The number of nitrogens with one attached hydrogen (secondary N) is 1. The molecule has 2 saturated heterocycles. The van der Waals surface area contributed by atoms with Crippen molar-refractivity contribution in [2.75, 3.05) is 33.8 Å². The third-order valence-corrected chi connectivity index (χ3v) is 12.6. The van der Waals surface area contributed by atoms with E-state index in [0.29, 0.717) is 11.8 Å². The van der Waals surface area contributed by atoms with Crippen molar-refractivity contribution >= 4 is 27.8 Å². The van der Waals surface area contributed by atoms with Gasteiger partial charge in [0.2, 0.25) is 0 Å². The molecule has 1 spiro atoms. The number of esters is 1. The standard InChI is InChI=1S/C39H44N4O2/c1-5-23-20-41(3)34-18-29-27-12-8-10-14-33(27)43-36(29)25(17-28(23)35(34)38(44)45-4)19-39(43)31-15-16-42(21-24(31)6-2)22-30-26-11-7-9-13-32(26)40-37(30)39/h5-14,25,28,31,34-35,40H,15-22H2,1-4H3/b23-5-,24-6+/t25-,28?,31-,34?,35?,39+/m1/s1. The summed E-state index contributed by atoms with van der Waals surface area (Å²) in [7, 11) is 3.78. The van der Waals surface area contributed by atoms with Crippen LogP contribution in [0.15, 0.2) is 71.8 Å². The number of allylic oxidation sites excluding steroid dienone is 2. The van der Waals surface area contributed by atoms with Gasteiger partial charge in [-0.25, -0.2) is 0 Å². The van der Waals surface area contributed by atoms with Crippen molar-refractivity contribution in [2.45, 2.75) is 63.6 Å². The summed E-state index contributed by atoms with van der Waals surface area (Å²) in [5, 5.41) is 2.73. The molecule has 2 aromatic carbocycles. The zero-order chi connectivity index (χ0) is 30.6. The minimum absolute atomic E-state index is 0.0526. The molecule has 232 valence electrons. The summed E-state index contributed by atoms with van der Waals surface area (Å²) in [5.74, 6) is 0.713. The number of H-pyrrole nitrogens is 1. The molecule has 2 fully saturated rings. The van der Waals surface area contributed by atoms with E-state index in [2.05, 4.69) is 101 Å². The Morgan fingerprint density at radius 2 is 1.76 bits per heavy atom. The number of likely N-dealkylation sites (tertiary alicyclic amines) is 1. The molecule has 7 heterocycles. The van der Waals surface area contributed by atoms with Crippen LogP contribution in [0, 0.1) is 17.8 Å². The first-order chi connectivity index (χ1) is 22.0. The lowest BCUT2D eigenvalue weighted by molar-refractivity contribution is -0.151. The Kier molecular flexibility index (Phi) is 6.12. The molecule has 1 aliphatic carbocycles. The first kappa shape index (κ1) is 27.7. The molecule has 6 heteroatoms. The average Bonchev–Trinajstić information content (AvgIpc) is 3.69. The summed E-state index contributed by atoms with van der Waals surface area (Å²) in [4.78, 5) is 22.9. The Morgan fingerprint density at radius 3 is 2.56 bits per heavy atom. The van der Waals surface area contributed by atoms with Gasteiger partial charge >= 0.3 is 5.97 Å². The van der Waals surface area contributed by atoms with Crippen LogP contribution in [0.4, 0.5) is 0 Å².